The molecule has 0 bridgehead atoms. The summed E-state index contributed by atoms with van der Waals surface area (Å²) in [7, 11) is -5.44. The van der Waals surface area contributed by atoms with E-state index in [1.165, 1.54) is 0 Å². The van der Waals surface area contributed by atoms with Crippen molar-refractivity contribution >= 4 is 10.7 Å². The van der Waals surface area contributed by atoms with Crippen LogP contribution in [-0.4, -0.2) is 25.5 Å². The van der Waals surface area contributed by atoms with Gasteiger partial charge in [-0.2, -0.15) is 39.5 Å². The zero-order chi connectivity index (χ0) is 14.2. The van der Waals surface area contributed by atoms with E-state index >= 15 is 0 Å². The van der Waals surface area contributed by atoms with Gasteiger partial charge in [0.05, 0.1) is 0 Å². The van der Waals surface area contributed by atoms with Gasteiger partial charge in [0, 0.05) is 0 Å². The molecule has 0 aromatic carbocycles. The highest BCUT2D eigenvalue weighted by atomic mass is 32.2. The molecular formula is C5HF9O2S. The van der Waals surface area contributed by atoms with Gasteiger partial charge in [0.2, 0.25) is 16.5 Å². The fourth-order valence-electron chi connectivity index (χ4n) is 0.560. The van der Waals surface area contributed by atoms with Crippen LogP contribution in [0.4, 0.5) is 39.5 Å². The summed E-state index contributed by atoms with van der Waals surface area (Å²) < 4.78 is 128. The highest BCUT2D eigenvalue weighted by Crippen LogP contribution is 2.50. The Bertz CT molecular complexity index is 398. The van der Waals surface area contributed by atoms with Crippen LogP contribution in [0.5, 0.6) is 0 Å². The number of hydrogen-bond donors (Lipinski definition) is 1. The van der Waals surface area contributed by atoms with Gasteiger partial charge in [-0.15, -0.1) is 0 Å². The molecule has 0 aliphatic carbocycles. The summed E-state index contributed by atoms with van der Waals surface area (Å²) in [5.74, 6) is -17.6. The second-order valence-electron chi connectivity index (χ2n) is 2.52. The molecular weight excluding hydrogens is 295 g/mol. The third-order valence-electron chi connectivity index (χ3n) is 1.44. The van der Waals surface area contributed by atoms with Crippen LogP contribution in [0.25, 0.3) is 0 Å². The minimum atomic E-state index is -6.86. The smallest absolute Gasteiger partial charge is 0.225 e. The number of thiol groups is 1. The predicted octanol–water partition coefficient (Wildman–Crippen LogP) is 2.54. The van der Waals surface area contributed by atoms with E-state index in [0.717, 1.165) is 0 Å². The van der Waals surface area contributed by atoms with Crippen molar-refractivity contribution in [2.75, 3.05) is 0 Å². The summed E-state index contributed by atoms with van der Waals surface area (Å²) in [4.78, 5) is 0. The second-order valence-corrected chi connectivity index (χ2v) is 3.60. The van der Waals surface area contributed by atoms with Crippen molar-refractivity contribution in [3.8, 4) is 0 Å². The summed E-state index contributed by atoms with van der Waals surface area (Å²) in [6, 6.07) is 0. The zero-order valence-electron chi connectivity index (χ0n) is 7.17. The largest absolute Gasteiger partial charge is 0.411 e. The highest BCUT2D eigenvalue weighted by molar-refractivity contribution is 7.73. The highest BCUT2D eigenvalue weighted by Gasteiger charge is 2.76. The van der Waals surface area contributed by atoms with Gasteiger partial charge in [0.1, 0.15) is 0 Å². The molecule has 17 heavy (non-hydrogen) atoms. The molecule has 0 amide bonds. The van der Waals surface area contributed by atoms with Gasteiger partial charge < -0.3 is 0 Å². The molecule has 0 saturated carbocycles. The van der Waals surface area contributed by atoms with Gasteiger partial charge in [0.25, 0.3) is 0 Å². The molecule has 0 aliphatic rings. The Morgan fingerprint density at radius 1 is 0.824 bits per heavy atom. The minimum Gasteiger partial charge on any atom is -0.225 e. The predicted molar refractivity (Wildman–Crippen MR) is 35.5 cm³/mol. The maximum absolute atomic E-state index is 12.3. The first-order chi connectivity index (χ1) is 7.30. The average Bonchev–Trinajstić information content (AvgIpc) is 2.15. The molecule has 0 unspecified atom stereocenters. The Balaban J connectivity index is 5.87. The Morgan fingerprint density at radius 2 is 1.18 bits per heavy atom. The lowest BCUT2D eigenvalue weighted by Crippen LogP contribution is -2.55. The fourth-order valence-corrected chi connectivity index (χ4v) is 0.930. The topological polar surface area (TPSA) is 34.1 Å². The van der Waals surface area contributed by atoms with E-state index in [0.29, 0.717) is 0 Å². The fraction of sp³-hybridized carbons (Fsp3) is 0.600. The van der Waals surface area contributed by atoms with E-state index in [9.17, 15) is 47.9 Å². The van der Waals surface area contributed by atoms with Crippen molar-refractivity contribution in [1.82, 2.24) is 0 Å². The lowest BCUT2D eigenvalue weighted by molar-refractivity contribution is -0.269. The van der Waals surface area contributed by atoms with Crippen molar-refractivity contribution in [2.24, 2.45) is 0 Å². The summed E-state index contributed by atoms with van der Waals surface area (Å²) >= 11 is 0. The number of halogens is 9. The van der Waals surface area contributed by atoms with Crippen molar-refractivity contribution < 1.29 is 47.9 Å². The van der Waals surface area contributed by atoms with Crippen LogP contribution in [0.15, 0.2) is 11.9 Å². The summed E-state index contributed by atoms with van der Waals surface area (Å²) in [6.07, 6.45) is -3.97. The minimum absolute atomic E-state index is 3.97. The molecule has 0 aliphatic heterocycles. The molecule has 0 heterocycles. The molecule has 12 heteroatoms. The number of alkyl halides is 6. The normalized spacial score (nSPS) is 14.0. The lowest BCUT2D eigenvalue weighted by Gasteiger charge is -2.27. The van der Waals surface area contributed by atoms with Gasteiger partial charge in [-0.1, -0.05) is 0 Å². The molecule has 102 valence electrons. The van der Waals surface area contributed by atoms with Crippen molar-refractivity contribution in [3.05, 3.63) is 11.9 Å². The first-order valence-electron chi connectivity index (χ1n) is 3.29. The SMILES string of the molecule is O=[SH](=O)C(F)(F)C(F)(F)C(F)(F)C(F)=C(F)F. The summed E-state index contributed by atoms with van der Waals surface area (Å²) in [5.41, 5.74) is 0. The van der Waals surface area contributed by atoms with E-state index < -0.39 is 39.7 Å². The Hall–Kier alpha value is -0.940. The molecule has 0 rings (SSSR count). The van der Waals surface area contributed by atoms with Gasteiger partial charge in [-0.05, 0) is 0 Å². The molecule has 2 nitrogen and oxygen atoms in total. The Morgan fingerprint density at radius 3 is 1.41 bits per heavy atom. The van der Waals surface area contributed by atoms with Crippen LogP contribution in [-0.2, 0) is 10.7 Å². The van der Waals surface area contributed by atoms with E-state index in [4.69, 9.17) is 0 Å². The number of hydrogen-bond acceptors (Lipinski definition) is 2. The monoisotopic (exact) mass is 296 g/mol. The maximum Gasteiger partial charge on any atom is 0.411 e. The second kappa shape index (κ2) is 4.38. The van der Waals surface area contributed by atoms with E-state index in [1.807, 2.05) is 0 Å². The Labute approximate surface area is 88.7 Å². The molecule has 0 aromatic heterocycles. The molecule has 0 N–H and O–H groups in total. The summed E-state index contributed by atoms with van der Waals surface area (Å²) in [5, 5.41) is -6.39. The van der Waals surface area contributed by atoms with Crippen molar-refractivity contribution in [1.29, 1.82) is 0 Å². The summed E-state index contributed by atoms with van der Waals surface area (Å²) in [6.45, 7) is 0. The molecule has 0 saturated heterocycles. The van der Waals surface area contributed by atoms with Crippen LogP contribution in [0.2, 0.25) is 0 Å². The van der Waals surface area contributed by atoms with Gasteiger partial charge in [-0.25, -0.2) is 8.42 Å². The van der Waals surface area contributed by atoms with E-state index in [1.54, 1.807) is 0 Å². The number of allylic oxidation sites excluding steroid dienone is 1. The van der Waals surface area contributed by atoms with Crippen LogP contribution in [0.3, 0.4) is 0 Å². The maximum atomic E-state index is 12.3. The molecule has 0 fully saturated rings. The van der Waals surface area contributed by atoms with Crippen LogP contribution in [0.1, 0.15) is 0 Å². The zero-order valence-corrected chi connectivity index (χ0v) is 8.06. The van der Waals surface area contributed by atoms with Crippen LogP contribution < -0.4 is 0 Å². The average molecular weight is 296 g/mol. The van der Waals surface area contributed by atoms with Gasteiger partial charge >= 0.3 is 23.2 Å². The van der Waals surface area contributed by atoms with Crippen molar-refractivity contribution in [2.45, 2.75) is 17.1 Å². The van der Waals surface area contributed by atoms with E-state index in [-0.39, 0.29) is 0 Å². The van der Waals surface area contributed by atoms with Crippen LogP contribution in [0, 0.1) is 0 Å². The molecule has 0 atom stereocenters. The third kappa shape index (κ3) is 2.35. The van der Waals surface area contributed by atoms with Gasteiger partial charge in [0.15, 0.2) is 0 Å². The quantitative estimate of drug-likeness (QED) is 0.639. The molecule has 0 radical (unpaired) electrons. The van der Waals surface area contributed by atoms with E-state index in [2.05, 4.69) is 0 Å². The van der Waals surface area contributed by atoms with Crippen LogP contribution >= 0.6 is 0 Å². The Kier molecular flexibility index (Phi) is 4.14. The first-order valence-corrected chi connectivity index (χ1v) is 4.47. The lowest BCUT2D eigenvalue weighted by atomic mass is 10.1. The molecule has 0 spiro atoms. The first kappa shape index (κ1) is 16.1. The van der Waals surface area contributed by atoms with Crippen molar-refractivity contribution in [3.63, 3.8) is 0 Å². The standard InChI is InChI=1S/C5HF9O2S/c6-1(2(7)8)3(9,10)4(11,12)5(13,14)17(15)16/h17H. The third-order valence-corrected chi connectivity index (χ3v) is 2.18. The number of rotatable bonds is 4. The van der Waals surface area contributed by atoms with Gasteiger partial charge in [-0.3, -0.25) is 0 Å². The molecule has 0 aromatic rings.